The van der Waals surface area contributed by atoms with Crippen LogP contribution in [0.15, 0.2) is 42.9 Å². The predicted octanol–water partition coefficient (Wildman–Crippen LogP) is 6.59. The normalized spacial score (nSPS) is 19.7. The molecule has 1 aliphatic rings. The number of carbonyl (C=O) groups is 1. The average Bonchev–Trinajstić information content (AvgIpc) is 3.66. The second kappa shape index (κ2) is 13.1. The third kappa shape index (κ3) is 6.55. The minimum absolute atomic E-state index is 0.0507. The van der Waals surface area contributed by atoms with Crippen LogP contribution < -0.4 is 5.32 Å². The molecule has 1 unspecified atom stereocenters. The van der Waals surface area contributed by atoms with Crippen LogP contribution in [0.3, 0.4) is 0 Å². The lowest BCUT2D eigenvalue weighted by atomic mass is 9.73. The standard InChI is InChI=1S/C33H39FN8O2/c1-20(23(4)25-7-9-31(36-17-25)42-19-26(34)18-37-42)6-8-28(43)33(44-5)12-10-24(11-13-33)32-27(16-35)21(2)14-29(39-32)38-30-15-22(3)40-41-30/h7,9,14-15,17-20,23-24H,6,8,10-13H2,1-5H3,(H2,38,39,40,41)/t20-,23?,24?,33?/m1/s1. The van der Waals surface area contributed by atoms with E-state index < -0.39 is 11.4 Å². The number of halogens is 1. The van der Waals surface area contributed by atoms with Crippen molar-refractivity contribution in [3.63, 3.8) is 0 Å². The Morgan fingerprint density at radius 1 is 1.23 bits per heavy atom. The van der Waals surface area contributed by atoms with Crippen LogP contribution in [-0.4, -0.2) is 48.4 Å². The van der Waals surface area contributed by atoms with E-state index in [4.69, 9.17) is 9.72 Å². The first-order valence-corrected chi connectivity index (χ1v) is 15.1. The molecule has 1 fully saturated rings. The van der Waals surface area contributed by atoms with Crippen molar-refractivity contribution >= 4 is 17.4 Å². The van der Waals surface area contributed by atoms with Gasteiger partial charge >= 0.3 is 0 Å². The third-order valence-electron chi connectivity index (χ3n) is 9.16. The summed E-state index contributed by atoms with van der Waals surface area (Å²) in [7, 11) is 1.63. The van der Waals surface area contributed by atoms with Crippen molar-refractivity contribution in [3.8, 4) is 11.9 Å². The van der Waals surface area contributed by atoms with Crippen molar-refractivity contribution in [3.05, 3.63) is 76.8 Å². The highest BCUT2D eigenvalue weighted by Crippen LogP contribution is 2.42. The van der Waals surface area contributed by atoms with Gasteiger partial charge in [0.2, 0.25) is 0 Å². The summed E-state index contributed by atoms with van der Waals surface area (Å²) in [4.78, 5) is 22.9. The molecule has 5 rings (SSSR count). The van der Waals surface area contributed by atoms with Crippen LogP contribution in [0.5, 0.6) is 0 Å². The summed E-state index contributed by atoms with van der Waals surface area (Å²) in [5.41, 5.74) is 3.38. The summed E-state index contributed by atoms with van der Waals surface area (Å²) in [6.45, 7) is 8.13. The van der Waals surface area contributed by atoms with Crippen LogP contribution in [0.4, 0.5) is 16.0 Å². The molecule has 0 saturated heterocycles. The number of hydrogen-bond donors (Lipinski definition) is 2. The van der Waals surface area contributed by atoms with Crippen molar-refractivity contribution in [2.75, 3.05) is 12.4 Å². The minimum atomic E-state index is -0.827. The first kappa shape index (κ1) is 31.0. The zero-order valence-corrected chi connectivity index (χ0v) is 25.9. The van der Waals surface area contributed by atoms with Crippen LogP contribution >= 0.6 is 0 Å². The number of nitrogens with zero attached hydrogens (tertiary/aromatic N) is 6. The largest absolute Gasteiger partial charge is 0.370 e. The molecule has 1 saturated carbocycles. The number of hydrogen-bond acceptors (Lipinski definition) is 8. The number of Topliss-reactive ketones (excluding diaryl/α,β-unsaturated/α-hetero) is 1. The molecule has 44 heavy (non-hydrogen) atoms. The first-order valence-electron chi connectivity index (χ1n) is 15.1. The number of ether oxygens (including phenoxy) is 1. The molecule has 2 atom stereocenters. The Morgan fingerprint density at radius 2 is 2.00 bits per heavy atom. The maximum absolute atomic E-state index is 13.6. The molecule has 0 aromatic carbocycles. The maximum Gasteiger partial charge on any atom is 0.164 e. The Balaban J connectivity index is 1.20. The van der Waals surface area contributed by atoms with Gasteiger partial charge in [0, 0.05) is 37.4 Å². The fraction of sp³-hybridized carbons (Fsp3) is 0.455. The Hall–Kier alpha value is -4.43. The van der Waals surface area contributed by atoms with E-state index in [1.54, 1.807) is 13.3 Å². The molecule has 0 amide bonds. The van der Waals surface area contributed by atoms with Gasteiger partial charge in [-0.1, -0.05) is 19.9 Å². The van der Waals surface area contributed by atoms with Gasteiger partial charge in [-0.05, 0) is 81.0 Å². The highest BCUT2D eigenvalue weighted by molar-refractivity contribution is 5.87. The van der Waals surface area contributed by atoms with Crippen molar-refractivity contribution in [2.24, 2.45) is 5.92 Å². The highest BCUT2D eigenvalue weighted by atomic mass is 19.1. The summed E-state index contributed by atoms with van der Waals surface area (Å²) in [6.07, 6.45) is 7.95. The summed E-state index contributed by atoms with van der Waals surface area (Å²) >= 11 is 0. The molecule has 0 bridgehead atoms. The predicted molar refractivity (Wildman–Crippen MR) is 164 cm³/mol. The van der Waals surface area contributed by atoms with E-state index in [1.807, 2.05) is 38.1 Å². The Labute approximate surface area is 257 Å². The summed E-state index contributed by atoms with van der Waals surface area (Å²) in [5, 5.41) is 24.3. The molecule has 4 aromatic rings. The smallest absolute Gasteiger partial charge is 0.164 e. The molecule has 230 valence electrons. The summed E-state index contributed by atoms with van der Waals surface area (Å²) in [6, 6.07) is 9.92. The fourth-order valence-electron chi connectivity index (χ4n) is 6.16. The Kier molecular flexibility index (Phi) is 9.20. The van der Waals surface area contributed by atoms with Gasteiger partial charge in [-0.15, -0.1) is 0 Å². The fourth-order valence-corrected chi connectivity index (χ4v) is 6.16. The van der Waals surface area contributed by atoms with Gasteiger partial charge in [0.05, 0.1) is 23.7 Å². The van der Waals surface area contributed by atoms with Gasteiger partial charge in [0.1, 0.15) is 17.5 Å². The number of methoxy groups -OCH3 is 1. The number of nitrogens with one attached hydrogen (secondary N) is 2. The summed E-state index contributed by atoms with van der Waals surface area (Å²) in [5.74, 6) is 2.04. The number of carbonyl (C=O) groups excluding carboxylic acids is 1. The molecule has 4 heterocycles. The Bertz CT molecular complexity index is 1650. The highest BCUT2D eigenvalue weighted by Gasteiger charge is 2.42. The lowest BCUT2D eigenvalue weighted by Gasteiger charge is -2.38. The molecule has 2 N–H and O–H groups in total. The number of rotatable bonds is 11. The van der Waals surface area contributed by atoms with Crippen LogP contribution in [-0.2, 0) is 9.53 Å². The van der Waals surface area contributed by atoms with Gasteiger partial charge in [-0.25, -0.2) is 19.0 Å². The molecule has 0 aliphatic heterocycles. The zero-order valence-electron chi connectivity index (χ0n) is 25.9. The van der Waals surface area contributed by atoms with Crippen molar-refractivity contribution in [2.45, 2.75) is 83.7 Å². The van der Waals surface area contributed by atoms with E-state index in [2.05, 4.69) is 45.5 Å². The van der Waals surface area contributed by atoms with E-state index >= 15 is 0 Å². The van der Waals surface area contributed by atoms with E-state index in [9.17, 15) is 14.4 Å². The van der Waals surface area contributed by atoms with Crippen molar-refractivity contribution in [1.29, 1.82) is 5.26 Å². The number of aromatic amines is 1. The molecule has 10 nitrogen and oxygen atoms in total. The number of ketones is 1. The van der Waals surface area contributed by atoms with Gasteiger partial charge in [0.25, 0.3) is 0 Å². The molecule has 4 aromatic heterocycles. The van der Waals surface area contributed by atoms with Gasteiger partial charge < -0.3 is 10.1 Å². The van der Waals surface area contributed by atoms with Crippen LogP contribution in [0.2, 0.25) is 0 Å². The van der Waals surface area contributed by atoms with Crippen LogP contribution in [0, 0.1) is 36.9 Å². The topological polar surface area (TPSA) is 134 Å². The van der Waals surface area contributed by atoms with Crippen molar-refractivity contribution < 1.29 is 13.9 Å². The Morgan fingerprint density at radius 3 is 2.59 bits per heavy atom. The molecular weight excluding hydrogens is 559 g/mol. The molecule has 0 radical (unpaired) electrons. The molecule has 0 spiro atoms. The lowest BCUT2D eigenvalue weighted by molar-refractivity contribution is -0.145. The maximum atomic E-state index is 13.6. The number of aromatic nitrogens is 6. The second-order valence-corrected chi connectivity index (χ2v) is 12.0. The van der Waals surface area contributed by atoms with Crippen molar-refractivity contribution in [1.82, 2.24) is 29.9 Å². The van der Waals surface area contributed by atoms with Crippen LogP contribution in [0.1, 0.15) is 92.3 Å². The zero-order chi connectivity index (χ0) is 31.4. The van der Waals surface area contributed by atoms with Gasteiger partial charge in [-0.3, -0.25) is 9.89 Å². The van der Waals surface area contributed by atoms with E-state index in [-0.39, 0.29) is 23.5 Å². The van der Waals surface area contributed by atoms with E-state index in [0.717, 1.165) is 35.1 Å². The third-order valence-corrected chi connectivity index (χ3v) is 9.16. The second-order valence-electron chi connectivity index (χ2n) is 12.0. The summed E-state index contributed by atoms with van der Waals surface area (Å²) < 4.78 is 20.7. The first-order chi connectivity index (χ1) is 21.1. The van der Waals surface area contributed by atoms with Gasteiger partial charge in [0.15, 0.2) is 23.2 Å². The molecule has 11 heteroatoms. The minimum Gasteiger partial charge on any atom is -0.370 e. The number of anilines is 2. The number of H-pyrrole nitrogens is 1. The van der Waals surface area contributed by atoms with Gasteiger partial charge in [-0.2, -0.15) is 15.5 Å². The number of pyridine rings is 2. The van der Waals surface area contributed by atoms with E-state index in [1.165, 1.54) is 10.9 Å². The average molecular weight is 599 g/mol. The lowest BCUT2D eigenvalue weighted by Crippen LogP contribution is -2.44. The SMILES string of the molecule is COC1(C(=O)CC[C@@H](C)C(C)c2ccc(-n3cc(F)cn3)nc2)CCC(c2nc(Nc3cc(C)[nH]n3)cc(C)c2C#N)CC1. The van der Waals surface area contributed by atoms with Crippen LogP contribution in [0.25, 0.3) is 5.82 Å². The number of nitriles is 1. The molecule has 1 aliphatic carbocycles. The quantitative estimate of drug-likeness (QED) is 0.197. The number of aryl methyl sites for hydroxylation is 2. The molecular formula is C33H39FN8O2. The van der Waals surface area contributed by atoms with E-state index in [0.29, 0.717) is 55.1 Å². The monoisotopic (exact) mass is 598 g/mol.